The Labute approximate surface area is 125 Å². The molecule has 0 aromatic heterocycles. The van der Waals surface area contributed by atoms with Crippen LogP contribution in [0.4, 0.5) is 5.69 Å². The van der Waals surface area contributed by atoms with Crippen molar-refractivity contribution in [3.63, 3.8) is 0 Å². The van der Waals surface area contributed by atoms with E-state index in [1.807, 2.05) is 0 Å². The summed E-state index contributed by atoms with van der Waals surface area (Å²) in [7, 11) is 0. The van der Waals surface area contributed by atoms with Crippen LogP contribution in [0.3, 0.4) is 0 Å². The second-order valence-electron chi connectivity index (χ2n) is 4.66. The van der Waals surface area contributed by atoms with E-state index in [1.165, 1.54) is 4.90 Å². The molecule has 0 spiro atoms. The maximum Gasteiger partial charge on any atom is 0.255 e. The number of benzene rings is 1. The number of ether oxygens (including phenoxy) is 1. The van der Waals surface area contributed by atoms with Crippen LogP contribution in [-0.2, 0) is 9.53 Å². The van der Waals surface area contributed by atoms with Crippen LogP contribution in [0.25, 0.3) is 0 Å². The minimum atomic E-state index is -0.740. The molecule has 1 aromatic rings. The fourth-order valence-electron chi connectivity index (χ4n) is 2.16. The van der Waals surface area contributed by atoms with Gasteiger partial charge >= 0.3 is 0 Å². The van der Waals surface area contributed by atoms with Crippen LogP contribution in [-0.4, -0.2) is 42.5 Å². The molecule has 20 heavy (non-hydrogen) atoms. The summed E-state index contributed by atoms with van der Waals surface area (Å²) in [6, 6.07) is 2.69. The lowest BCUT2D eigenvalue weighted by Crippen LogP contribution is -2.54. The molecule has 7 heteroatoms. The number of hydrogen-bond donors (Lipinski definition) is 2. The third-order valence-corrected chi connectivity index (χ3v) is 3.82. The van der Waals surface area contributed by atoms with Crippen molar-refractivity contribution in [2.24, 2.45) is 5.73 Å². The molecule has 0 saturated carbocycles. The highest BCUT2D eigenvalue weighted by atomic mass is 79.9. The summed E-state index contributed by atoms with van der Waals surface area (Å²) in [5.41, 5.74) is 12.9. The molecular formula is C13H16BrN3O3. The van der Waals surface area contributed by atoms with E-state index in [0.29, 0.717) is 34.4 Å². The van der Waals surface area contributed by atoms with Gasteiger partial charge in [0.25, 0.3) is 5.91 Å². The first kappa shape index (κ1) is 14.8. The molecule has 4 N–H and O–H groups in total. The van der Waals surface area contributed by atoms with E-state index in [-0.39, 0.29) is 12.5 Å². The van der Waals surface area contributed by atoms with Crippen molar-refractivity contribution in [3.8, 4) is 0 Å². The Morgan fingerprint density at radius 3 is 2.80 bits per heavy atom. The Morgan fingerprint density at radius 1 is 1.45 bits per heavy atom. The number of nitrogens with zero attached hydrogens (tertiary/aromatic N) is 1. The van der Waals surface area contributed by atoms with Crippen LogP contribution in [0, 0.1) is 6.92 Å². The number of nitrogen functional groups attached to an aromatic ring is 1. The predicted molar refractivity (Wildman–Crippen MR) is 78.1 cm³/mol. The van der Waals surface area contributed by atoms with Gasteiger partial charge in [0.05, 0.1) is 13.2 Å². The summed E-state index contributed by atoms with van der Waals surface area (Å²) in [6.45, 7) is 2.62. The summed E-state index contributed by atoms with van der Waals surface area (Å²) < 4.78 is 5.92. The lowest BCUT2D eigenvalue weighted by Gasteiger charge is -2.34. The molecule has 108 valence electrons. The molecule has 0 bridgehead atoms. The lowest BCUT2D eigenvalue weighted by molar-refractivity contribution is -0.127. The fraction of sp³-hybridized carbons (Fsp3) is 0.385. The molecule has 1 aliphatic heterocycles. The van der Waals surface area contributed by atoms with Crippen molar-refractivity contribution in [1.82, 2.24) is 4.90 Å². The van der Waals surface area contributed by atoms with Crippen LogP contribution in [0.2, 0.25) is 0 Å². The van der Waals surface area contributed by atoms with Gasteiger partial charge in [-0.15, -0.1) is 0 Å². The van der Waals surface area contributed by atoms with Gasteiger partial charge in [0.15, 0.2) is 0 Å². The average Bonchev–Trinajstić information content (AvgIpc) is 2.42. The standard InChI is InChI=1S/C13H16BrN3O3/c1-7-9(4-8(14)5-10(7)15)13(19)17-2-3-20-6-11(17)12(16)18/h4-5,11H,2-3,6,15H2,1H3,(H2,16,18). The van der Waals surface area contributed by atoms with Gasteiger partial charge in [-0.3, -0.25) is 9.59 Å². The quantitative estimate of drug-likeness (QED) is 0.772. The fourth-order valence-corrected chi connectivity index (χ4v) is 2.63. The molecule has 1 aliphatic rings. The molecule has 6 nitrogen and oxygen atoms in total. The second-order valence-corrected chi connectivity index (χ2v) is 5.57. The Bertz CT molecular complexity index is 562. The SMILES string of the molecule is Cc1c(N)cc(Br)cc1C(=O)N1CCOCC1C(N)=O. The molecule has 1 unspecified atom stereocenters. The van der Waals surface area contributed by atoms with Crippen molar-refractivity contribution in [2.75, 3.05) is 25.5 Å². The molecule has 1 fully saturated rings. The van der Waals surface area contributed by atoms with Crippen molar-refractivity contribution < 1.29 is 14.3 Å². The van der Waals surface area contributed by atoms with Gasteiger partial charge in [0.1, 0.15) is 6.04 Å². The van der Waals surface area contributed by atoms with Crippen molar-refractivity contribution in [2.45, 2.75) is 13.0 Å². The first-order valence-electron chi connectivity index (χ1n) is 6.15. The van der Waals surface area contributed by atoms with Gasteiger partial charge in [-0.25, -0.2) is 0 Å². The van der Waals surface area contributed by atoms with Crippen molar-refractivity contribution in [3.05, 3.63) is 27.7 Å². The number of hydrogen-bond acceptors (Lipinski definition) is 4. The number of primary amides is 1. The molecule has 1 atom stereocenters. The number of anilines is 1. The maximum atomic E-state index is 12.6. The molecule has 1 heterocycles. The molecule has 1 saturated heterocycles. The number of rotatable bonds is 2. The van der Waals surface area contributed by atoms with E-state index < -0.39 is 11.9 Å². The second kappa shape index (κ2) is 5.80. The van der Waals surface area contributed by atoms with E-state index in [9.17, 15) is 9.59 Å². The molecule has 1 aromatic carbocycles. The zero-order chi connectivity index (χ0) is 14.9. The van der Waals surface area contributed by atoms with Gasteiger partial charge in [-0.1, -0.05) is 15.9 Å². The van der Waals surface area contributed by atoms with Crippen LogP contribution >= 0.6 is 15.9 Å². The van der Waals surface area contributed by atoms with Gasteiger partial charge < -0.3 is 21.1 Å². The van der Waals surface area contributed by atoms with Crippen LogP contribution < -0.4 is 11.5 Å². The third kappa shape index (κ3) is 2.78. The van der Waals surface area contributed by atoms with Gasteiger partial charge in [0, 0.05) is 22.3 Å². The van der Waals surface area contributed by atoms with Crippen LogP contribution in [0.5, 0.6) is 0 Å². The minimum absolute atomic E-state index is 0.129. The number of halogens is 1. The first-order chi connectivity index (χ1) is 9.41. The van der Waals surface area contributed by atoms with Gasteiger partial charge in [-0.05, 0) is 24.6 Å². The number of nitrogens with two attached hydrogens (primary N) is 2. The third-order valence-electron chi connectivity index (χ3n) is 3.36. The largest absolute Gasteiger partial charge is 0.398 e. The summed E-state index contributed by atoms with van der Waals surface area (Å²) >= 11 is 3.32. The van der Waals surface area contributed by atoms with E-state index >= 15 is 0 Å². The highest BCUT2D eigenvalue weighted by Gasteiger charge is 2.32. The van der Waals surface area contributed by atoms with Crippen LogP contribution in [0.15, 0.2) is 16.6 Å². The zero-order valence-electron chi connectivity index (χ0n) is 11.1. The van der Waals surface area contributed by atoms with E-state index in [4.69, 9.17) is 16.2 Å². The maximum absolute atomic E-state index is 12.6. The van der Waals surface area contributed by atoms with E-state index in [1.54, 1.807) is 19.1 Å². The normalized spacial score (nSPS) is 18.9. The van der Waals surface area contributed by atoms with Gasteiger partial charge in [-0.2, -0.15) is 0 Å². The van der Waals surface area contributed by atoms with Gasteiger partial charge in [0.2, 0.25) is 5.91 Å². The highest BCUT2D eigenvalue weighted by molar-refractivity contribution is 9.10. The summed E-state index contributed by atoms with van der Waals surface area (Å²) in [6.07, 6.45) is 0. The Balaban J connectivity index is 2.37. The molecule has 0 radical (unpaired) electrons. The average molecular weight is 342 g/mol. The Hall–Kier alpha value is -1.60. The first-order valence-corrected chi connectivity index (χ1v) is 6.94. The van der Waals surface area contributed by atoms with E-state index in [0.717, 1.165) is 0 Å². The molecule has 2 rings (SSSR count). The topological polar surface area (TPSA) is 98.7 Å². The lowest BCUT2D eigenvalue weighted by atomic mass is 10.0. The van der Waals surface area contributed by atoms with Crippen LogP contribution in [0.1, 0.15) is 15.9 Å². The number of morpholine rings is 1. The minimum Gasteiger partial charge on any atom is -0.398 e. The van der Waals surface area contributed by atoms with Crippen molar-refractivity contribution >= 4 is 33.4 Å². The number of carbonyl (C=O) groups excluding carboxylic acids is 2. The monoisotopic (exact) mass is 341 g/mol. The Morgan fingerprint density at radius 2 is 2.15 bits per heavy atom. The number of amides is 2. The summed E-state index contributed by atoms with van der Waals surface area (Å²) in [5.74, 6) is -0.832. The predicted octanol–water partition coefficient (Wildman–Crippen LogP) is 0.666. The molecule has 2 amide bonds. The zero-order valence-corrected chi connectivity index (χ0v) is 12.6. The smallest absolute Gasteiger partial charge is 0.255 e. The summed E-state index contributed by atoms with van der Waals surface area (Å²) in [4.78, 5) is 25.5. The summed E-state index contributed by atoms with van der Waals surface area (Å²) in [5, 5.41) is 0. The molecular weight excluding hydrogens is 326 g/mol. The highest BCUT2D eigenvalue weighted by Crippen LogP contribution is 2.25. The Kier molecular flexibility index (Phi) is 4.29. The van der Waals surface area contributed by atoms with Crippen molar-refractivity contribution in [1.29, 1.82) is 0 Å². The van der Waals surface area contributed by atoms with E-state index in [2.05, 4.69) is 15.9 Å². The number of carbonyl (C=O) groups is 2. The molecule has 0 aliphatic carbocycles.